The maximum absolute atomic E-state index is 13.0. The predicted molar refractivity (Wildman–Crippen MR) is 113 cm³/mol. The van der Waals surface area contributed by atoms with Crippen LogP contribution in [0.1, 0.15) is 31.4 Å². The van der Waals surface area contributed by atoms with E-state index in [0.717, 1.165) is 31.1 Å². The highest BCUT2D eigenvalue weighted by Gasteiger charge is 2.43. The number of carbonyl (C=O) groups is 2. The van der Waals surface area contributed by atoms with E-state index in [-0.39, 0.29) is 42.1 Å². The standard InChI is InChI=1S/C22H27N5O4/c28-18(12-17-14-4-1-2-5-15(14)20(29)26-25-17)27-9-7-13(8-10-27)19-16-6-3-11-31-21(16)24-22(30)23-19/h1-2,4-5,13,16,19,21H,3,6-12H2,(H,26,29)(H2,23,24,30)/t16-,19-,21-/m0/s1. The van der Waals surface area contributed by atoms with Gasteiger partial charge in [-0.05, 0) is 37.7 Å². The van der Waals surface area contributed by atoms with Gasteiger partial charge >= 0.3 is 6.03 Å². The first-order chi connectivity index (χ1) is 15.1. The second-order valence-corrected chi connectivity index (χ2v) is 8.68. The van der Waals surface area contributed by atoms with E-state index in [0.29, 0.717) is 36.7 Å². The van der Waals surface area contributed by atoms with Crippen molar-refractivity contribution in [3.05, 3.63) is 40.3 Å². The van der Waals surface area contributed by atoms with E-state index in [1.807, 2.05) is 17.0 Å². The SMILES string of the molecule is O=C1N[C@H]2OCCC[C@H]2[C@H](C2CCN(C(=O)Cc3n[nH]c(=O)c4ccccc34)CC2)N1. The summed E-state index contributed by atoms with van der Waals surface area (Å²) < 4.78 is 5.77. The Morgan fingerprint density at radius 1 is 1.10 bits per heavy atom. The molecule has 31 heavy (non-hydrogen) atoms. The third-order valence-electron chi connectivity index (χ3n) is 6.89. The average Bonchev–Trinajstić information content (AvgIpc) is 2.80. The fourth-order valence-corrected chi connectivity index (χ4v) is 5.29. The highest BCUT2D eigenvalue weighted by atomic mass is 16.5. The van der Waals surface area contributed by atoms with E-state index >= 15 is 0 Å². The molecule has 0 radical (unpaired) electrons. The molecule has 164 valence electrons. The van der Waals surface area contributed by atoms with Crippen LogP contribution < -0.4 is 16.2 Å². The zero-order valence-corrected chi connectivity index (χ0v) is 17.3. The van der Waals surface area contributed by atoms with Crippen molar-refractivity contribution in [3.8, 4) is 0 Å². The second kappa shape index (κ2) is 8.30. The first-order valence-electron chi connectivity index (χ1n) is 11.0. The quantitative estimate of drug-likeness (QED) is 0.682. The molecule has 5 rings (SSSR count). The molecule has 3 aliphatic heterocycles. The maximum Gasteiger partial charge on any atom is 0.317 e. The number of hydrogen-bond donors (Lipinski definition) is 3. The number of likely N-dealkylation sites (tertiary alicyclic amines) is 1. The molecule has 3 atom stereocenters. The molecule has 3 fully saturated rings. The lowest BCUT2D eigenvalue weighted by molar-refractivity contribution is -0.132. The summed E-state index contributed by atoms with van der Waals surface area (Å²) in [7, 11) is 0. The van der Waals surface area contributed by atoms with Crippen molar-refractivity contribution in [2.75, 3.05) is 19.7 Å². The number of aromatic amines is 1. The Morgan fingerprint density at radius 2 is 1.87 bits per heavy atom. The van der Waals surface area contributed by atoms with Gasteiger partial charge in [0.25, 0.3) is 5.56 Å². The molecule has 3 amide bonds. The van der Waals surface area contributed by atoms with Crippen LogP contribution in [0.2, 0.25) is 0 Å². The molecule has 1 aromatic heterocycles. The number of amides is 3. The van der Waals surface area contributed by atoms with Crippen molar-refractivity contribution < 1.29 is 14.3 Å². The molecule has 0 aliphatic carbocycles. The molecule has 3 aliphatic rings. The van der Waals surface area contributed by atoms with E-state index in [1.54, 1.807) is 12.1 Å². The third kappa shape index (κ3) is 3.89. The Bertz CT molecular complexity index is 1050. The van der Waals surface area contributed by atoms with Gasteiger partial charge in [-0.25, -0.2) is 9.89 Å². The summed E-state index contributed by atoms with van der Waals surface area (Å²) in [5.41, 5.74) is 0.344. The molecule has 1 aromatic carbocycles. The molecule has 3 saturated heterocycles. The Labute approximate surface area is 179 Å². The van der Waals surface area contributed by atoms with E-state index in [2.05, 4.69) is 20.8 Å². The molecule has 9 heteroatoms. The minimum atomic E-state index is -0.248. The summed E-state index contributed by atoms with van der Waals surface area (Å²) in [6.07, 6.45) is 3.69. The monoisotopic (exact) mass is 425 g/mol. The topological polar surface area (TPSA) is 116 Å². The van der Waals surface area contributed by atoms with Crippen LogP contribution in [0.3, 0.4) is 0 Å². The number of hydrogen-bond acceptors (Lipinski definition) is 5. The van der Waals surface area contributed by atoms with Crippen LogP contribution >= 0.6 is 0 Å². The van der Waals surface area contributed by atoms with Crippen LogP contribution in [0.25, 0.3) is 10.8 Å². The highest BCUT2D eigenvalue weighted by molar-refractivity contribution is 5.88. The van der Waals surface area contributed by atoms with Crippen LogP contribution in [0.4, 0.5) is 4.79 Å². The molecule has 0 bridgehead atoms. The van der Waals surface area contributed by atoms with Crippen LogP contribution in [0, 0.1) is 11.8 Å². The van der Waals surface area contributed by atoms with E-state index in [9.17, 15) is 14.4 Å². The van der Waals surface area contributed by atoms with Crippen molar-refractivity contribution >= 4 is 22.7 Å². The fraction of sp³-hybridized carbons (Fsp3) is 0.545. The number of H-pyrrole nitrogens is 1. The molecule has 3 N–H and O–H groups in total. The normalized spacial score (nSPS) is 26.8. The van der Waals surface area contributed by atoms with E-state index in [1.165, 1.54) is 0 Å². The third-order valence-corrected chi connectivity index (χ3v) is 6.89. The molecule has 9 nitrogen and oxygen atoms in total. The van der Waals surface area contributed by atoms with Crippen LogP contribution in [0.15, 0.2) is 29.1 Å². The van der Waals surface area contributed by atoms with Crippen molar-refractivity contribution in [1.29, 1.82) is 0 Å². The second-order valence-electron chi connectivity index (χ2n) is 8.68. The molecular formula is C22H27N5O4. The van der Waals surface area contributed by atoms with E-state index in [4.69, 9.17) is 4.74 Å². The first-order valence-corrected chi connectivity index (χ1v) is 11.0. The lowest BCUT2D eigenvalue weighted by Crippen LogP contribution is -2.65. The predicted octanol–water partition coefficient (Wildman–Crippen LogP) is 1.14. The molecule has 0 spiro atoms. The number of carbonyl (C=O) groups excluding carboxylic acids is 2. The number of aromatic nitrogens is 2. The lowest BCUT2D eigenvalue weighted by Gasteiger charge is -2.46. The van der Waals surface area contributed by atoms with Gasteiger partial charge in [-0.3, -0.25) is 9.59 Å². The summed E-state index contributed by atoms with van der Waals surface area (Å²) >= 11 is 0. The van der Waals surface area contributed by atoms with Gasteiger partial charge in [0.05, 0.1) is 17.5 Å². The summed E-state index contributed by atoms with van der Waals surface area (Å²) in [6.45, 7) is 2.00. The molecule has 2 aromatic rings. The number of nitrogens with zero attached hydrogens (tertiary/aromatic N) is 2. The van der Waals surface area contributed by atoms with Gasteiger partial charge in [0.2, 0.25) is 5.91 Å². The van der Waals surface area contributed by atoms with Gasteiger partial charge < -0.3 is 20.3 Å². The zero-order valence-electron chi connectivity index (χ0n) is 17.3. The van der Waals surface area contributed by atoms with Gasteiger partial charge in [-0.1, -0.05) is 18.2 Å². The number of piperidine rings is 1. The molecular weight excluding hydrogens is 398 g/mol. The summed E-state index contributed by atoms with van der Waals surface area (Å²) in [5.74, 6) is 0.614. The largest absolute Gasteiger partial charge is 0.358 e. The van der Waals surface area contributed by atoms with Gasteiger partial charge in [-0.2, -0.15) is 5.10 Å². The smallest absolute Gasteiger partial charge is 0.317 e. The lowest BCUT2D eigenvalue weighted by atomic mass is 9.77. The van der Waals surface area contributed by atoms with Crippen molar-refractivity contribution in [1.82, 2.24) is 25.7 Å². The van der Waals surface area contributed by atoms with Gasteiger partial charge in [0, 0.05) is 37.0 Å². The average molecular weight is 425 g/mol. The van der Waals surface area contributed by atoms with Crippen molar-refractivity contribution in [3.63, 3.8) is 0 Å². The maximum atomic E-state index is 13.0. The number of urea groups is 1. The number of fused-ring (bicyclic) bond motifs is 2. The first kappa shape index (κ1) is 20.0. The fourth-order valence-electron chi connectivity index (χ4n) is 5.29. The minimum Gasteiger partial charge on any atom is -0.358 e. The summed E-state index contributed by atoms with van der Waals surface area (Å²) in [6, 6.07) is 7.14. The molecule has 4 heterocycles. The number of ether oxygens (including phenoxy) is 1. The zero-order chi connectivity index (χ0) is 21.4. The van der Waals surface area contributed by atoms with Crippen LogP contribution in [0.5, 0.6) is 0 Å². The highest BCUT2D eigenvalue weighted by Crippen LogP contribution is 2.33. The number of benzene rings is 1. The van der Waals surface area contributed by atoms with Gasteiger partial charge in [0.1, 0.15) is 6.23 Å². The number of nitrogens with one attached hydrogen (secondary N) is 3. The summed E-state index contributed by atoms with van der Waals surface area (Å²) in [4.78, 5) is 38.9. The van der Waals surface area contributed by atoms with Gasteiger partial charge in [-0.15, -0.1) is 0 Å². The van der Waals surface area contributed by atoms with Crippen LogP contribution in [-0.2, 0) is 16.0 Å². The van der Waals surface area contributed by atoms with Crippen molar-refractivity contribution in [2.24, 2.45) is 11.8 Å². The molecule has 0 saturated carbocycles. The number of rotatable bonds is 3. The van der Waals surface area contributed by atoms with Crippen molar-refractivity contribution in [2.45, 2.75) is 44.4 Å². The Kier molecular flexibility index (Phi) is 5.35. The minimum absolute atomic E-state index is 0.0105. The Morgan fingerprint density at radius 3 is 2.68 bits per heavy atom. The molecule has 0 unspecified atom stereocenters. The van der Waals surface area contributed by atoms with E-state index < -0.39 is 0 Å². The Balaban J connectivity index is 1.24. The van der Waals surface area contributed by atoms with Crippen LogP contribution in [-0.4, -0.2) is 59.0 Å². The Hall–Kier alpha value is -2.94. The van der Waals surface area contributed by atoms with Gasteiger partial charge in [0.15, 0.2) is 0 Å². The summed E-state index contributed by atoms with van der Waals surface area (Å²) in [5, 5.41) is 13.9.